The molecule has 0 aliphatic rings. The van der Waals surface area contributed by atoms with Crippen LogP contribution in [0, 0.1) is 5.92 Å². The summed E-state index contributed by atoms with van der Waals surface area (Å²) in [5, 5.41) is 3.01. The molecule has 0 radical (unpaired) electrons. The normalized spacial score (nSPS) is 14.2. The quantitative estimate of drug-likeness (QED) is 0.772. The first kappa shape index (κ1) is 17.7. The Kier molecular flexibility index (Phi) is 7.40. The molecule has 0 aromatic heterocycles. The van der Waals surface area contributed by atoms with Crippen LogP contribution < -0.4 is 11.1 Å². The lowest BCUT2D eigenvalue weighted by molar-refractivity contribution is -0.122. The first-order valence-electron chi connectivity index (χ1n) is 7.75. The van der Waals surface area contributed by atoms with Crippen molar-refractivity contribution in [1.29, 1.82) is 0 Å². The summed E-state index contributed by atoms with van der Waals surface area (Å²) in [5.74, 6) is 0.465. The largest absolute Gasteiger partial charge is 0.353 e. The van der Waals surface area contributed by atoms with Crippen LogP contribution in [0.2, 0.25) is 0 Å². The molecule has 21 heavy (non-hydrogen) atoms. The predicted molar refractivity (Wildman–Crippen MR) is 87.9 cm³/mol. The molecule has 1 amide bonds. The molecule has 1 aromatic carbocycles. The van der Waals surface area contributed by atoms with Gasteiger partial charge in [0.05, 0.1) is 0 Å². The van der Waals surface area contributed by atoms with Gasteiger partial charge < -0.3 is 16.0 Å². The summed E-state index contributed by atoms with van der Waals surface area (Å²) in [4.78, 5) is 14.4. The third-order valence-electron chi connectivity index (χ3n) is 4.18. The van der Waals surface area contributed by atoms with E-state index in [1.54, 1.807) is 0 Å². The maximum Gasteiger partial charge on any atom is 0.241 e. The lowest BCUT2D eigenvalue weighted by Crippen LogP contribution is -2.46. The monoisotopic (exact) mass is 291 g/mol. The minimum Gasteiger partial charge on any atom is -0.353 e. The van der Waals surface area contributed by atoms with Crippen LogP contribution in [0.25, 0.3) is 0 Å². The van der Waals surface area contributed by atoms with Gasteiger partial charge in [0.2, 0.25) is 5.91 Å². The molecule has 1 rings (SSSR count). The smallest absolute Gasteiger partial charge is 0.241 e. The van der Waals surface area contributed by atoms with E-state index in [1.807, 2.05) is 30.3 Å². The molecule has 3 N–H and O–H groups in total. The Morgan fingerprint density at radius 2 is 1.76 bits per heavy atom. The topological polar surface area (TPSA) is 58.4 Å². The molecule has 0 aliphatic carbocycles. The molecular weight excluding hydrogens is 262 g/mol. The van der Waals surface area contributed by atoms with Gasteiger partial charge >= 0.3 is 0 Å². The summed E-state index contributed by atoms with van der Waals surface area (Å²) in [6, 6.07) is 9.22. The molecule has 0 saturated carbocycles. The lowest BCUT2D eigenvalue weighted by Gasteiger charge is -2.31. The van der Waals surface area contributed by atoms with Crippen LogP contribution in [-0.2, 0) is 4.79 Å². The van der Waals surface area contributed by atoms with Crippen molar-refractivity contribution in [3.63, 3.8) is 0 Å². The predicted octanol–water partition coefficient (Wildman–Crippen LogP) is 2.17. The maximum atomic E-state index is 12.2. The van der Waals surface area contributed by atoms with Crippen molar-refractivity contribution in [3.05, 3.63) is 35.9 Å². The molecule has 0 saturated heterocycles. The second-order valence-corrected chi connectivity index (χ2v) is 5.74. The highest BCUT2D eigenvalue weighted by Crippen LogP contribution is 2.17. The molecule has 4 heteroatoms. The number of amides is 1. The first-order chi connectivity index (χ1) is 10.0. The zero-order valence-electron chi connectivity index (χ0n) is 13.7. The van der Waals surface area contributed by atoms with E-state index >= 15 is 0 Å². The number of nitrogens with two attached hydrogens (primary N) is 1. The fraction of sp³-hybridized carbons (Fsp3) is 0.588. The van der Waals surface area contributed by atoms with E-state index in [4.69, 9.17) is 5.73 Å². The van der Waals surface area contributed by atoms with E-state index in [9.17, 15) is 4.79 Å². The van der Waals surface area contributed by atoms with E-state index in [-0.39, 0.29) is 5.91 Å². The Balaban J connectivity index is 2.61. The number of hydrogen-bond donors (Lipinski definition) is 2. The molecule has 0 aliphatic heterocycles. The van der Waals surface area contributed by atoms with Gasteiger partial charge in [0.25, 0.3) is 0 Å². The molecule has 2 atom stereocenters. The Hall–Kier alpha value is -1.39. The second kappa shape index (κ2) is 8.80. The highest BCUT2D eigenvalue weighted by molar-refractivity contribution is 5.82. The first-order valence-corrected chi connectivity index (χ1v) is 7.75. The Morgan fingerprint density at radius 3 is 2.24 bits per heavy atom. The van der Waals surface area contributed by atoms with Crippen LogP contribution in [-0.4, -0.2) is 37.5 Å². The Bertz CT molecular complexity index is 415. The van der Waals surface area contributed by atoms with Crippen molar-refractivity contribution < 1.29 is 4.79 Å². The average Bonchev–Trinajstić information content (AvgIpc) is 2.50. The SMILES string of the molecule is CCC(CC)C(CNC(=O)[C@@H](N)c1ccccc1)N(C)C. The van der Waals surface area contributed by atoms with Crippen LogP contribution in [0.5, 0.6) is 0 Å². The fourth-order valence-corrected chi connectivity index (χ4v) is 2.73. The number of benzene rings is 1. The maximum absolute atomic E-state index is 12.2. The molecule has 0 heterocycles. The van der Waals surface area contributed by atoms with Gasteiger partial charge in [0.15, 0.2) is 0 Å². The van der Waals surface area contributed by atoms with Crippen molar-refractivity contribution in [1.82, 2.24) is 10.2 Å². The lowest BCUT2D eigenvalue weighted by atomic mass is 9.93. The number of nitrogens with one attached hydrogen (secondary N) is 1. The van der Waals surface area contributed by atoms with Crippen LogP contribution >= 0.6 is 0 Å². The summed E-state index contributed by atoms with van der Waals surface area (Å²) in [5.41, 5.74) is 6.86. The number of carbonyl (C=O) groups is 1. The molecular formula is C17H29N3O. The van der Waals surface area contributed by atoms with E-state index in [2.05, 4.69) is 38.2 Å². The fourth-order valence-electron chi connectivity index (χ4n) is 2.73. The molecule has 4 nitrogen and oxygen atoms in total. The Morgan fingerprint density at radius 1 is 1.19 bits per heavy atom. The van der Waals surface area contributed by atoms with Gasteiger partial charge in [-0.1, -0.05) is 57.0 Å². The highest BCUT2D eigenvalue weighted by atomic mass is 16.2. The Labute approximate surface area is 128 Å². The van der Waals surface area contributed by atoms with Gasteiger partial charge in [-0.25, -0.2) is 0 Å². The third-order valence-corrected chi connectivity index (χ3v) is 4.18. The molecule has 0 fully saturated rings. The number of nitrogens with zero attached hydrogens (tertiary/aromatic N) is 1. The summed E-state index contributed by atoms with van der Waals surface area (Å²) in [7, 11) is 4.12. The van der Waals surface area contributed by atoms with Crippen molar-refractivity contribution in [2.45, 2.75) is 38.8 Å². The van der Waals surface area contributed by atoms with Crippen molar-refractivity contribution in [3.8, 4) is 0 Å². The van der Waals surface area contributed by atoms with Crippen molar-refractivity contribution >= 4 is 5.91 Å². The minimum atomic E-state index is -0.601. The van der Waals surface area contributed by atoms with Crippen LogP contribution in [0.15, 0.2) is 30.3 Å². The van der Waals surface area contributed by atoms with E-state index in [1.165, 1.54) is 0 Å². The summed E-state index contributed by atoms with van der Waals surface area (Å²) < 4.78 is 0. The minimum absolute atomic E-state index is 0.112. The van der Waals surface area contributed by atoms with Crippen LogP contribution in [0.3, 0.4) is 0 Å². The van der Waals surface area contributed by atoms with Crippen LogP contribution in [0.4, 0.5) is 0 Å². The van der Waals surface area contributed by atoms with E-state index in [0.29, 0.717) is 18.5 Å². The third kappa shape index (κ3) is 5.14. The highest BCUT2D eigenvalue weighted by Gasteiger charge is 2.23. The summed E-state index contributed by atoms with van der Waals surface area (Å²) in [6.07, 6.45) is 2.22. The number of hydrogen-bond acceptors (Lipinski definition) is 3. The van der Waals surface area contributed by atoms with Gasteiger partial charge in [0.1, 0.15) is 6.04 Å². The van der Waals surface area contributed by atoms with Gasteiger partial charge in [-0.3, -0.25) is 4.79 Å². The van der Waals surface area contributed by atoms with Gasteiger partial charge in [-0.15, -0.1) is 0 Å². The van der Waals surface area contributed by atoms with Crippen LogP contribution in [0.1, 0.15) is 38.3 Å². The van der Waals surface area contributed by atoms with E-state index < -0.39 is 6.04 Å². The zero-order valence-corrected chi connectivity index (χ0v) is 13.7. The van der Waals surface area contributed by atoms with Gasteiger partial charge in [0, 0.05) is 12.6 Å². The average molecular weight is 291 g/mol. The molecule has 118 valence electrons. The molecule has 0 bridgehead atoms. The number of likely N-dealkylation sites (N-methyl/N-ethyl adjacent to an activating group) is 1. The van der Waals surface area contributed by atoms with E-state index in [0.717, 1.165) is 18.4 Å². The molecule has 0 spiro atoms. The summed E-state index contributed by atoms with van der Waals surface area (Å²) >= 11 is 0. The van der Waals surface area contributed by atoms with Crippen molar-refractivity contribution in [2.75, 3.05) is 20.6 Å². The van der Waals surface area contributed by atoms with Gasteiger partial charge in [-0.05, 0) is 25.6 Å². The zero-order chi connectivity index (χ0) is 15.8. The number of rotatable bonds is 8. The van der Waals surface area contributed by atoms with Gasteiger partial charge in [-0.2, -0.15) is 0 Å². The molecule has 1 aromatic rings. The standard InChI is InChI=1S/C17H29N3O/c1-5-13(6-2)15(20(3)4)12-19-17(21)16(18)14-10-8-7-9-11-14/h7-11,13,15-16H,5-6,12,18H2,1-4H3,(H,19,21)/t15?,16-/m0/s1. The molecule has 1 unspecified atom stereocenters. The van der Waals surface area contributed by atoms with Crippen molar-refractivity contribution in [2.24, 2.45) is 11.7 Å². The second-order valence-electron chi connectivity index (χ2n) is 5.74. The number of carbonyl (C=O) groups excluding carboxylic acids is 1. The summed E-state index contributed by atoms with van der Waals surface area (Å²) in [6.45, 7) is 5.03.